The van der Waals surface area contributed by atoms with Gasteiger partial charge in [-0.15, -0.1) is 0 Å². The number of allylic oxidation sites excluding steroid dienone is 2. The fraction of sp³-hybridized carbons (Fsp3) is 0.191. The molecule has 11 rings (SSSR count). The third-order valence-corrected chi connectivity index (χ3v) is 16.7. The van der Waals surface area contributed by atoms with E-state index in [9.17, 15) is 0 Å². The van der Waals surface area contributed by atoms with Gasteiger partial charge in [-0.3, -0.25) is 0 Å². The molecule has 6 aromatic rings. The lowest BCUT2D eigenvalue weighted by Crippen LogP contribution is -2.33. The molecule has 0 amide bonds. The SMILES string of the molecule is C1=C[C@@H]2CC1C1C[C@H]3Oc4ccc(P(c5ccccc5)c5ccccc5)c(c4O3)-c3c(P(c4ccccc4)c4ccccc4)ccc4c3O[C@H](CC12)O4. The number of hydrogen-bond acceptors (Lipinski definition) is 4. The third kappa shape index (κ3) is 5.33. The molecule has 6 heteroatoms. The topological polar surface area (TPSA) is 36.9 Å². The second-order valence-electron chi connectivity index (χ2n) is 14.7. The fourth-order valence-electron chi connectivity index (χ4n) is 9.50. The van der Waals surface area contributed by atoms with E-state index >= 15 is 0 Å². The van der Waals surface area contributed by atoms with Crippen LogP contribution in [0.2, 0.25) is 0 Å². The summed E-state index contributed by atoms with van der Waals surface area (Å²) in [5.74, 6) is 5.23. The van der Waals surface area contributed by atoms with Crippen molar-refractivity contribution in [3.63, 3.8) is 0 Å². The van der Waals surface area contributed by atoms with E-state index in [0.717, 1.165) is 47.0 Å². The largest absolute Gasteiger partial charge is 0.451 e. The van der Waals surface area contributed by atoms with Crippen LogP contribution in [0.15, 0.2) is 158 Å². The van der Waals surface area contributed by atoms with Crippen molar-refractivity contribution in [2.75, 3.05) is 0 Å². The Morgan fingerprint density at radius 2 is 0.736 bits per heavy atom. The smallest absolute Gasteiger partial charge is 0.241 e. The minimum atomic E-state index is -1.01. The van der Waals surface area contributed by atoms with Gasteiger partial charge in [0.1, 0.15) is 0 Å². The van der Waals surface area contributed by atoms with Gasteiger partial charge in [0, 0.05) is 24.0 Å². The summed E-state index contributed by atoms with van der Waals surface area (Å²) in [7, 11) is -2.02. The van der Waals surface area contributed by atoms with Gasteiger partial charge < -0.3 is 18.9 Å². The van der Waals surface area contributed by atoms with Crippen molar-refractivity contribution < 1.29 is 18.9 Å². The number of rotatable bonds is 6. The summed E-state index contributed by atoms with van der Waals surface area (Å²) in [5.41, 5.74) is 2.12. The van der Waals surface area contributed by atoms with Gasteiger partial charge in [-0.1, -0.05) is 133 Å². The van der Waals surface area contributed by atoms with Gasteiger partial charge >= 0.3 is 0 Å². The summed E-state index contributed by atoms with van der Waals surface area (Å²) in [6.07, 6.45) is 7.05. The lowest BCUT2D eigenvalue weighted by atomic mass is 9.79. The Morgan fingerprint density at radius 1 is 0.377 bits per heavy atom. The first-order valence-corrected chi connectivity index (χ1v) is 21.4. The van der Waals surface area contributed by atoms with Crippen LogP contribution in [0, 0.1) is 23.7 Å². The monoisotopic (exact) mass is 728 g/mol. The first-order chi connectivity index (χ1) is 26.3. The normalized spacial score (nSPS) is 24.1. The average Bonchev–Trinajstić information content (AvgIpc) is 4.01. The van der Waals surface area contributed by atoms with Crippen LogP contribution in [0.25, 0.3) is 11.1 Å². The van der Waals surface area contributed by atoms with E-state index in [0.29, 0.717) is 23.7 Å². The van der Waals surface area contributed by atoms with Crippen molar-refractivity contribution >= 4 is 47.7 Å². The number of ether oxygens (including phenoxy) is 4. The highest BCUT2D eigenvalue weighted by atomic mass is 31.1. The van der Waals surface area contributed by atoms with Crippen LogP contribution in [0.1, 0.15) is 19.3 Å². The summed E-state index contributed by atoms with van der Waals surface area (Å²) in [5, 5.41) is 7.55. The first kappa shape index (κ1) is 31.6. The molecule has 53 heavy (non-hydrogen) atoms. The zero-order chi connectivity index (χ0) is 34.9. The standard InChI is InChI=1S/C47H38O4P2/c1-5-13-32(14-6-1)52(33-15-7-2-8-16-33)40-25-23-38-46-44(40)45-41(53(34-17-9-3-10-18-34)35-19-11-4-12-20-35)26-24-39-47(45)51-43(49-39)29-37-31-22-21-30(27-31)36(37)28-42(48-38)50-46/h1-26,30-31,36-37,42-43H,27-29H2/t30-,31?,36?,37?,42-,43+/m1/s1. The quantitative estimate of drug-likeness (QED) is 0.128. The lowest BCUT2D eigenvalue weighted by molar-refractivity contribution is -0.00992. The summed E-state index contributed by atoms with van der Waals surface area (Å²) in [6.45, 7) is 0. The van der Waals surface area contributed by atoms with E-state index in [4.69, 9.17) is 18.9 Å². The van der Waals surface area contributed by atoms with Crippen molar-refractivity contribution in [2.24, 2.45) is 23.7 Å². The molecule has 6 aromatic carbocycles. The maximum absolute atomic E-state index is 7.17. The maximum Gasteiger partial charge on any atom is 0.241 e. The van der Waals surface area contributed by atoms with E-state index in [-0.39, 0.29) is 12.6 Å². The Morgan fingerprint density at radius 3 is 1.09 bits per heavy atom. The Bertz CT molecular complexity index is 2090. The molecule has 1 fully saturated rings. The molecule has 4 nitrogen and oxygen atoms in total. The van der Waals surface area contributed by atoms with Gasteiger partial charge in [0.25, 0.3) is 0 Å². The summed E-state index contributed by atoms with van der Waals surface area (Å²) in [6, 6.07) is 52.7. The molecule has 6 atom stereocenters. The van der Waals surface area contributed by atoms with Crippen molar-refractivity contribution in [3.05, 3.63) is 158 Å². The molecule has 6 bridgehead atoms. The van der Waals surface area contributed by atoms with Crippen LogP contribution in [-0.2, 0) is 0 Å². The summed E-state index contributed by atoms with van der Waals surface area (Å²) in [4.78, 5) is 0. The van der Waals surface area contributed by atoms with Gasteiger partial charge in [-0.05, 0) is 102 Å². The minimum Gasteiger partial charge on any atom is -0.451 e. The van der Waals surface area contributed by atoms with E-state index in [2.05, 4.69) is 158 Å². The number of benzene rings is 6. The molecule has 0 saturated heterocycles. The molecule has 2 aliphatic carbocycles. The molecule has 1 saturated carbocycles. The Hall–Kier alpha value is -4.88. The highest BCUT2D eigenvalue weighted by Crippen LogP contribution is 2.58. The van der Waals surface area contributed by atoms with Crippen LogP contribution in [-0.4, -0.2) is 12.6 Å². The van der Waals surface area contributed by atoms with E-state index in [1.165, 1.54) is 38.2 Å². The van der Waals surface area contributed by atoms with E-state index in [1.54, 1.807) is 0 Å². The highest BCUT2D eigenvalue weighted by molar-refractivity contribution is 7.80. The fourth-order valence-corrected chi connectivity index (χ4v) is 14.4. The summed E-state index contributed by atoms with van der Waals surface area (Å²) < 4.78 is 28.0. The average molecular weight is 729 g/mol. The van der Waals surface area contributed by atoms with Crippen LogP contribution in [0.3, 0.4) is 0 Å². The van der Waals surface area contributed by atoms with Crippen LogP contribution >= 0.6 is 15.8 Å². The van der Waals surface area contributed by atoms with E-state index < -0.39 is 15.8 Å². The maximum atomic E-state index is 7.17. The van der Waals surface area contributed by atoms with Crippen molar-refractivity contribution in [3.8, 4) is 34.1 Å². The zero-order valence-electron chi connectivity index (χ0n) is 29.1. The van der Waals surface area contributed by atoms with Crippen molar-refractivity contribution in [1.82, 2.24) is 0 Å². The highest BCUT2D eigenvalue weighted by Gasteiger charge is 2.49. The molecule has 260 valence electrons. The van der Waals surface area contributed by atoms with E-state index in [1.807, 2.05) is 0 Å². The molecule has 5 aliphatic rings. The molecule has 3 heterocycles. The first-order valence-electron chi connectivity index (χ1n) is 18.8. The molecule has 0 aromatic heterocycles. The van der Waals surface area contributed by atoms with Gasteiger partial charge in [-0.25, -0.2) is 0 Å². The minimum absolute atomic E-state index is 0.348. The lowest BCUT2D eigenvalue weighted by Gasteiger charge is -2.31. The Kier molecular flexibility index (Phi) is 7.70. The van der Waals surface area contributed by atoms with Gasteiger partial charge in [0.2, 0.25) is 12.6 Å². The van der Waals surface area contributed by atoms with Crippen LogP contribution in [0.5, 0.6) is 23.0 Å². The molecule has 0 spiro atoms. The van der Waals surface area contributed by atoms with Crippen molar-refractivity contribution in [2.45, 2.75) is 31.8 Å². The summed E-state index contributed by atoms with van der Waals surface area (Å²) >= 11 is 0. The number of hydrogen-bond donors (Lipinski definition) is 0. The molecule has 0 N–H and O–H groups in total. The zero-order valence-corrected chi connectivity index (χ0v) is 30.9. The van der Waals surface area contributed by atoms with Crippen LogP contribution in [0.4, 0.5) is 0 Å². The second kappa shape index (κ2) is 12.9. The van der Waals surface area contributed by atoms with Gasteiger partial charge in [0.05, 0.1) is 0 Å². The molecular weight excluding hydrogens is 690 g/mol. The molecule has 0 radical (unpaired) electrons. The molecule has 3 unspecified atom stereocenters. The predicted molar refractivity (Wildman–Crippen MR) is 216 cm³/mol. The molecular formula is C47H38O4P2. The molecule has 3 aliphatic heterocycles. The Labute approximate surface area is 312 Å². The second-order valence-corrected chi connectivity index (χ2v) is 19.0. The Balaban J connectivity index is 1.21. The van der Waals surface area contributed by atoms with Gasteiger partial charge in [-0.2, -0.15) is 0 Å². The van der Waals surface area contributed by atoms with Crippen LogP contribution < -0.4 is 50.8 Å². The number of fused-ring (bicyclic) bond motifs is 8. The predicted octanol–water partition coefficient (Wildman–Crippen LogP) is 8.30. The van der Waals surface area contributed by atoms with Crippen molar-refractivity contribution in [1.29, 1.82) is 0 Å². The third-order valence-electron chi connectivity index (χ3n) is 11.7. The van der Waals surface area contributed by atoms with Gasteiger partial charge in [0.15, 0.2) is 23.0 Å².